The van der Waals surface area contributed by atoms with Gasteiger partial charge in [0.1, 0.15) is 6.61 Å². The number of rotatable bonds is 6. The maximum absolute atomic E-state index is 13.1. The van der Waals surface area contributed by atoms with E-state index < -0.39 is 10.0 Å². The molecule has 2 aliphatic heterocycles. The minimum Gasteiger partial charge on any atom is -0.490 e. The summed E-state index contributed by atoms with van der Waals surface area (Å²) in [5, 5.41) is 0. The summed E-state index contributed by atoms with van der Waals surface area (Å²) in [4.78, 5) is 13.8. The highest BCUT2D eigenvalue weighted by Gasteiger charge is 2.33. The van der Waals surface area contributed by atoms with Gasteiger partial charge in [0.2, 0.25) is 10.0 Å². The van der Waals surface area contributed by atoms with Gasteiger partial charge in [-0.2, -0.15) is 4.31 Å². The van der Waals surface area contributed by atoms with Gasteiger partial charge in [0.05, 0.1) is 24.0 Å². The van der Waals surface area contributed by atoms with E-state index in [9.17, 15) is 13.2 Å². The smallest absolute Gasteiger partial charge is 0.309 e. The monoisotopic (exact) mass is 477 g/mol. The molecular weight excluding hydrogens is 450 g/mol. The van der Waals surface area contributed by atoms with Crippen LogP contribution in [0.15, 0.2) is 52.3 Å². The fourth-order valence-corrected chi connectivity index (χ4v) is 5.67. The van der Waals surface area contributed by atoms with E-state index in [0.29, 0.717) is 37.6 Å². The van der Waals surface area contributed by atoms with Crippen LogP contribution in [0.4, 0.5) is 0 Å². The molecule has 4 rings (SSSR count). The average molecular weight is 478 g/mol. The van der Waals surface area contributed by atoms with Crippen molar-refractivity contribution in [1.82, 2.24) is 4.31 Å². The molecule has 0 N–H and O–H groups in total. The van der Waals surface area contributed by atoms with Gasteiger partial charge in [0.25, 0.3) is 0 Å². The zero-order chi connectivity index (χ0) is 22.6. The molecule has 0 unspecified atom stereocenters. The first kappa shape index (κ1) is 22.9. The lowest BCUT2D eigenvalue weighted by atomic mass is 9.98. The zero-order valence-electron chi connectivity index (χ0n) is 18.0. The molecular formula is C23H27NO6S2. The van der Waals surface area contributed by atoms with Crippen molar-refractivity contribution >= 4 is 27.8 Å². The van der Waals surface area contributed by atoms with Crippen LogP contribution < -0.4 is 9.47 Å². The molecule has 0 aliphatic carbocycles. The second kappa shape index (κ2) is 10.1. The number of ether oxygens (including phenoxy) is 3. The Morgan fingerprint density at radius 2 is 1.75 bits per heavy atom. The molecule has 2 aliphatic rings. The highest BCUT2D eigenvalue weighted by molar-refractivity contribution is 7.98. The summed E-state index contributed by atoms with van der Waals surface area (Å²) < 4.78 is 44.3. The number of fused-ring (bicyclic) bond motifs is 1. The number of hydrogen-bond donors (Lipinski definition) is 0. The number of sulfonamides is 1. The quantitative estimate of drug-likeness (QED) is 0.463. The van der Waals surface area contributed by atoms with Gasteiger partial charge in [0.15, 0.2) is 11.5 Å². The third-order valence-corrected chi connectivity index (χ3v) is 8.32. The van der Waals surface area contributed by atoms with E-state index in [2.05, 4.69) is 0 Å². The lowest BCUT2D eigenvalue weighted by Crippen LogP contribution is -2.40. The molecule has 2 aromatic carbocycles. The molecule has 32 heavy (non-hydrogen) atoms. The Kier molecular flexibility index (Phi) is 7.27. The Labute approximate surface area is 193 Å². The Balaban J connectivity index is 1.33. The number of piperidine rings is 1. The lowest BCUT2D eigenvalue weighted by Gasteiger charge is -2.30. The largest absolute Gasteiger partial charge is 0.490 e. The maximum Gasteiger partial charge on any atom is 0.309 e. The van der Waals surface area contributed by atoms with Crippen LogP contribution in [-0.2, 0) is 26.2 Å². The molecule has 0 spiro atoms. The van der Waals surface area contributed by atoms with Crippen LogP contribution >= 0.6 is 11.8 Å². The highest BCUT2D eigenvalue weighted by Crippen LogP contribution is 2.34. The van der Waals surface area contributed by atoms with Crippen molar-refractivity contribution in [3.8, 4) is 11.5 Å². The molecule has 0 radical (unpaired) electrons. The van der Waals surface area contributed by atoms with Crippen molar-refractivity contribution < 1.29 is 27.4 Å². The van der Waals surface area contributed by atoms with Gasteiger partial charge >= 0.3 is 5.97 Å². The van der Waals surface area contributed by atoms with E-state index in [-0.39, 0.29) is 36.5 Å². The normalized spacial score (nSPS) is 17.5. The van der Waals surface area contributed by atoms with Crippen molar-refractivity contribution in [2.75, 3.05) is 32.6 Å². The predicted molar refractivity (Wildman–Crippen MR) is 122 cm³/mol. The molecule has 0 atom stereocenters. The third kappa shape index (κ3) is 5.22. The highest BCUT2D eigenvalue weighted by atomic mass is 32.2. The van der Waals surface area contributed by atoms with Gasteiger partial charge in [-0.15, -0.1) is 11.8 Å². The van der Waals surface area contributed by atoms with E-state index in [4.69, 9.17) is 14.2 Å². The van der Waals surface area contributed by atoms with Crippen molar-refractivity contribution in [2.24, 2.45) is 5.92 Å². The average Bonchev–Trinajstić information content (AvgIpc) is 3.08. The Bertz CT molecular complexity index is 1050. The summed E-state index contributed by atoms with van der Waals surface area (Å²) in [5.41, 5.74) is 0.936. The Morgan fingerprint density at radius 1 is 1.06 bits per heavy atom. The summed E-state index contributed by atoms with van der Waals surface area (Å²) in [6.07, 6.45) is 3.64. The molecule has 172 valence electrons. The molecule has 1 fully saturated rings. The summed E-state index contributed by atoms with van der Waals surface area (Å²) in [5.74, 6) is 0.445. The minimum absolute atomic E-state index is 0.177. The fraction of sp³-hybridized carbons (Fsp3) is 0.435. The number of esters is 1. The number of hydrogen-bond acceptors (Lipinski definition) is 7. The molecule has 0 aromatic heterocycles. The number of thioether (sulfide) groups is 1. The molecule has 2 heterocycles. The van der Waals surface area contributed by atoms with Gasteiger partial charge in [-0.3, -0.25) is 4.79 Å². The molecule has 0 saturated carbocycles. The van der Waals surface area contributed by atoms with Gasteiger partial charge in [-0.1, -0.05) is 12.1 Å². The van der Waals surface area contributed by atoms with E-state index in [1.54, 1.807) is 23.9 Å². The van der Waals surface area contributed by atoms with E-state index in [0.717, 1.165) is 16.9 Å². The molecule has 9 heteroatoms. The number of carbonyl (C=O) groups excluding carboxylic acids is 1. The van der Waals surface area contributed by atoms with Crippen LogP contribution in [0.5, 0.6) is 11.5 Å². The van der Waals surface area contributed by atoms with Crippen LogP contribution in [-0.4, -0.2) is 51.3 Å². The van der Waals surface area contributed by atoms with E-state index in [1.165, 1.54) is 10.4 Å². The Hall–Kier alpha value is -2.23. The van der Waals surface area contributed by atoms with Gasteiger partial charge < -0.3 is 14.2 Å². The maximum atomic E-state index is 13.1. The summed E-state index contributed by atoms with van der Waals surface area (Å²) in [6.45, 7) is 1.82. The second-order valence-corrected chi connectivity index (χ2v) is 10.6. The van der Waals surface area contributed by atoms with Crippen LogP contribution in [0.2, 0.25) is 0 Å². The summed E-state index contributed by atoms with van der Waals surface area (Å²) in [6, 6.07) is 12.6. The van der Waals surface area contributed by atoms with Crippen molar-refractivity contribution in [2.45, 2.75) is 35.7 Å². The standard InChI is InChI=1S/C23H27NO6S2/c1-31-19-5-3-17(4-6-19)16-30-23(25)18-9-11-24(12-10-18)32(26,27)20-7-8-21-22(15-20)29-14-2-13-28-21/h3-8,15,18H,2,9-14,16H2,1H3. The second-order valence-electron chi connectivity index (χ2n) is 7.79. The minimum atomic E-state index is -3.67. The SMILES string of the molecule is CSc1ccc(COC(=O)C2CCN(S(=O)(=O)c3ccc4c(c3)OCCCO4)CC2)cc1. The molecule has 0 amide bonds. The van der Waals surface area contributed by atoms with Crippen LogP contribution in [0.3, 0.4) is 0 Å². The zero-order valence-corrected chi connectivity index (χ0v) is 19.6. The molecule has 7 nitrogen and oxygen atoms in total. The van der Waals surface area contributed by atoms with Crippen molar-refractivity contribution in [3.63, 3.8) is 0 Å². The first-order valence-electron chi connectivity index (χ1n) is 10.7. The summed E-state index contributed by atoms with van der Waals surface area (Å²) >= 11 is 1.66. The van der Waals surface area contributed by atoms with Crippen LogP contribution in [0, 0.1) is 5.92 Å². The molecule has 1 saturated heterocycles. The van der Waals surface area contributed by atoms with Gasteiger partial charge in [-0.05, 0) is 48.9 Å². The van der Waals surface area contributed by atoms with Crippen LogP contribution in [0.1, 0.15) is 24.8 Å². The summed E-state index contributed by atoms with van der Waals surface area (Å²) in [7, 11) is -3.67. The first-order chi connectivity index (χ1) is 15.5. The Morgan fingerprint density at radius 3 is 2.44 bits per heavy atom. The fourth-order valence-electron chi connectivity index (χ4n) is 3.78. The lowest BCUT2D eigenvalue weighted by molar-refractivity contribution is -0.151. The number of carbonyl (C=O) groups is 1. The van der Waals surface area contributed by atoms with E-state index in [1.807, 2.05) is 30.5 Å². The molecule has 2 aromatic rings. The predicted octanol–water partition coefficient (Wildman–Crippen LogP) is 3.71. The van der Waals surface area contributed by atoms with Crippen LogP contribution in [0.25, 0.3) is 0 Å². The van der Waals surface area contributed by atoms with E-state index >= 15 is 0 Å². The number of benzene rings is 2. The van der Waals surface area contributed by atoms with Crippen molar-refractivity contribution in [1.29, 1.82) is 0 Å². The first-order valence-corrected chi connectivity index (χ1v) is 13.3. The van der Waals surface area contributed by atoms with Gasteiger partial charge in [0, 0.05) is 30.5 Å². The molecule has 0 bridgehead atoms. The number of nitrogens with zero attached hydrogens (tertiary/aromatic N) is 1. The third-order valence-electron chi connectivity index (χ3n) is 5.68. The van der Waals surface area contributed by atoms with Gasteiger partial charge in [-0.25, -0.2) is 8.42 Å². The van der Waals surface area contributed by atoms with Crippen molar-refractivity contribution in [3.05, 3.63) is 48.0 Å². The topological polar surface area (TPSA) is 82.1 Å².